The van der Waals surface area contributed by atoms with E-state index in [4.69, 9.17) is 4.52 Å². The predicted octanol–water partition coefficient (Wildman–Crippen LogP) is 4.10. The Morgan fingerprint density at radius 1 is 1.04 bits per heavy atom. The van der Waals surface area contributed by atoms with Gasteiger partial charge in [0.05, 0.1) is 6.54 Å². The van der Waals surface area contributed by atoms with Crippen molar-refractivity contribution in [2.24, 2.45) is 4.99 Å². The van der Waals surface area contributed by atoms with E-state index in [1.165, 1.54) is 0 Å². The van der Waals surface area contributed by atoms with E-state index in [-0.39, 0.29) is 36.1 Å². The number of hydrogen-bond acceptors (Lipinski definition) is 3. The summed E-state index contributed by atoms with van der Waals surface area (Å²) in [6.45, 7) is 0.485. The molecular formula is C19H19F2IN4O. The van der Waals surface area contributed by atoms with Gasteiger partial charge in [-0.05, 0) is 18.2 Å². The van der Waals surface area contributed by atoms with Gasteiger partial charge in [-0.2, -0.15) is 0 Å². The Balaban J connectivity index is 0.00000261. The molecule has 1 heterocycles. The molecule has 0 bridgehead atoms. The number of halogens is 3. The average molecular weight is 484 g/mol. The normalized spacial score (nSPS) is 11.0. The zero-order valence-corrected chi connectivity index (χ0v) is 16.9. The van der Waals surface area contributed by atoms with Crippen molar-refractivity contribution in [1.29, 1.82) is 0 Å². The number of aliphatic imine (C=N–C) groups is 1. The summed E-state index contributed by atoms with van der Waals surface area (Å²) in [7, 11) is 1.59. The largest absolute Gasteiger partial charge is 0.356 e. The highest BCUT2D eigenvalue weighted by atomic mass is 127. The van der Waals surface area contributed by atoms with E-state index in [2.05, 4.69) is 20.8 Å². The quantitative estimate of drug-likeness (QED) is 0.325. The van der Waals surface area contributed by atoms with Crippen molar-refractivity contribution in [2.45, 2.75) is 13.1 Å². The summed E-state index contributed by atoms with van der Waals surface area (Å²) in [6, 6.07) is 14.8. The third-order valence-electron chi connectivity index (χ3n) is 3.73. The van der Waals surface area contributed by atoms with Crippen molar-refractivity contribution in [3.05, 3.63) is 77.5 Å². The van der Waals surface area contributed by atoms with E-state index >= 15 is 0 Å². The van der Waals surface area contributed by atoms with E-state index in [0.717, 1.165) is 23.8 Å². The van der Waals surface area contributed by atoms with Gasteiger partial charge in [-0.1, -0.05) is 35.5 Å². The van der Waals surface area contributed by atoms with Crippen molar-refractivity contribution in [1.82, 2.24) is 15.8 Å². The first-order valence-corrected chi connectivity index (χ1v) is 8.05. The monoisotopic (exact) mass is 484 g/mol. The Hall–Kier alpha value is -2.49. The molecule has 142 valence electrons. The Labute approximate surface area is 172 Å². The van der Waals surface area contributed by atoms with E-state index in [1.807, 2.05) is 36.4 Å². The molecule has 2 aromatic carbocycles. The molecule has 0 saturated carbocycles. The van der Waals surface area contributed by atoms with Crippen LogP contribution in [0.2, 0.25) is 0 Å². The molecule has 27 heavy (non-hydrogen) atoms. The van der Waals surface area contributed by atoms with Crippen molar-refractivity contribution in [2.75, 3.05) is 7.05 Å². The molecule has 0 fully saturated rings. The second-order valence-corrected chi connectivity index (χ2v) is 5.56. The first-order chi connectivity index (χ1) is 12.7. The molecular weight excluding hydrogens is 465 g/mol. The fraction of sp³-hybridized carbons (Fsp3) is 0.158. The maximum atomic E-state index is 13.6. The fourth-order valence-electron chi connectivity index (χ4n) is 2.39. The summed E-state index contributed by atoms with van der Waals surface area (Å²) in [5.74, 6) is 0.158. The summed E-state index contributed by atoms with van der Waals surface area (Å²) in [5, 5.41) is 10.0. The molecule has 0 radical (unpaired) electrons. The molecule has 3 rings (SSSR count). The zero-order chi connectivity index (χ0) is 18.4. The highest BCUT2D eigenvalue weighted by molar-refractivity contribution is 14.0. The summed E-state index contributed by atoms with van der Waals surface area (Å²) < 4.78 is 32.2. The maximum Gasteiger partial charge on any atom is 0.191 e. The molecule has 3 aromatic rings. The van der Waals surface area contributed by atoms with E-state index in [9.17, 15) is 8.78 Å². The number of aromatic nitrogens is 1. The van der Waals surface area contributed by atoms with Crippen LogP contribution in [0.3, 0.4) is 0 Å². The first-order valence-electron chi connectivity index (χ1n) is 8.05. The third kappa shape index (κ3) is 5.75. The molecule has 0 spiro atoms. The Kier molecular flexibility index (Phi) is 7.71. The molecule has 0 aliphatic heterocycles. The zero-order valence-electron chi connectivity index (χ0n) is 14.6. The lowest BCUT2D eigenvalue weighted by molar-refractivity contribution is 0.422. The summed E-state index contributed by atoms with van der Waals surface area (Å²) >= 11 is 0. The average Bonchev–Trinajstić information content (AvgIpc) is 3.14. The van der Waals surface area contributed by atoms with Gasteiger partial charge in [0.15, 0.2) is 11.7 Å². The van der Waals surface area contributed by atoms with Crippen LogP contribution in [0.1, 0.15) is 11.3 Å². The van der Waals surface area contributed by atoms with E-state index in [0.29, 0.717) is 24.0 Å². The fourth-order valence-corrected chi connectivity index (χ4v) is 2.39. The molecule has 8 heteroatoms. The molecule has 2 N–H and O–H groups in total. The lowest BCUT2D eigenvalue weighted by Gasteiger charge is -2.11. The van der Waals surface area contributed by atoms with Gasteiger partial charge in [0.2, 0.25) is 0 Å². The van der Waals surface area contributed by atoms with Gasteiger partial charge in [-0.3, -0.25) is 4.99 Å². The second kappa shape index (κ2) is 10.0. The Morgan fingerprint density at radius 2 is 1.78 bits per heavy atom. The number of benzene rings is 2. The molecule has 0 amide bonds. The smallest absolute Gasteiger partial charge is 0.191 e. The van der Waals surface area contributed by atoms with Gasteiger partial charge >= 0.3 is 0 Å². The van der Waals surface area contributed by atoms with Crippen molar-refractivity contribution in [3.63, 3.8) is 0 Å². The third-order valence-corrected chi connectivity index (χ3v) is 3.73. The number of nitrogens with zero attached hydrogens (tertiary/aromatic N) is 2. The van der Waals surface area contributed by atoms with Crippen LogP contribution in [0.5, 0.6) is 0 Å². The van der Waals surface area contributed by atoms with Crippen LogP contribution in [-0.4, -0.2) is 18.2 Å². The summed E-state index contributed by atoms with van der Waals surface area (Å²) in [6.07, 6.45) is 0. The number of hydrogen-bond donors (Lipinski definition) is 2. The highest BCUT2D eigenvalue weighted by Crippen LogP contribution is 2.19. The second-order valence-electron chi connectivity index (χ2n) is 5.56. The Morgan fingerprint density at radius 3 is 2.52 bits per heavy atom. The topological polar surface area (TPSA) is 62.5 Å². The molecule has 5 nitrogen and oxygen atoms in total. The minimum Gasteiger partial charge on any atom is -0.356 e. The first kappa shape index (κ1) is 20.8. The minimum absolute atomic E-state index is 0. The minimum atomic E-state index is -0.484. The van der Waals surface area contributed by atoms with Gasteiger partial charge in [0, 0.05) is 30.8 Å². The maximum absolute atomic E-state index is 13.6. The van der Waals surface area contributed by atoms with Crippen LogP contribution in [0, 0.1) is 11.6 Å². The number of nitrogens with one attached hydrogen (secondary N) is 2. The molecule has 0 aliphatic carbocycles. The van der Waals surface area contributed by atoms with Crippen molar-refractivity contribution < 1.29 is 13.3 Å². The van der Waals surface area contributed by atoms with E-state index in [1.54, 1.807) is 7.05 Å². The Bertz CT molecular complexity index is 900. The van der Waals surface area contributed by atoms with Crippen LogP contribution < -0.4 is 10.6 Å². The molecule has 1 aromatic heterocycles. The SMILES string of the molecule is CN=C(NCc1cc(-c2ccccc2)on1)NCc1cc(F)ccc1F.I. The summed E-state index contributed by atoms with van der Waals surface area (Å²) in [4.78, 5) is 4.06. The van der Waals surface area contributed by atoms with Crippen LogP contribution in [0.15, 0.2) is 64.1 Å². The lowest BCUT2D eigenvalue weighted by Crippen LogP contribution is -2.36. The van der Waals surface area contributed by atoms with E-state index < -0.39 is 11.6 Å². The predicted molar refractivity (Wildman–Crippen MR) is 111 cm³/mol. The van der Waals surface area contributed by atoms with Crippen molar-refractivity contribution >= 4 is 29.9 Å². The number of rotatable bonds is 5. The van der Waals surface area contributed by atoms with Gasteiger partial charge in [0.25, 0.3) is 0 Å². The molecule has 0 unspecified atom stereocenters. The standard InChI is InChI=1S/C19H18F2N4O.HI/c1-22-19(23-11-14-9-15(20)7-8-17(14)21)24-12-16-10-18(26-25-16)13-5-3-2-4-6-13;/h2-10H,11-12H2,1H3,(H2,22,23,24);1H. The lowest BCUT2D eigenvalue weighted by atomic mass is 10.2. The number of guanidine groups is 1. The highest BCUT2D eigenvalue weighted by Gasteiger charge is 2.08. The van der Waals surface area contributed by atoms with Crippen LogP contribution in [0.25, 0.3) is 11.3 Å². The van der Waals surface area contributed by atoms with Gasteiger partial charge in [0.1, 0.15) is 17.3 Å². The molecule has 0 aliphatic rings. The van der Waals surface area contributed by atoms with Crippen molar-refractivity contribution in [3.8, 4) is 11.3 Å². The summed E-state index contributed by atoms with van der Waals surface area (Å²) in [5.41, 5.74) is 1.86. The van der Waals surface area contributed by atoms with Gasteiger partial charge < -0.3 is 15.2 Å². The van der Waals surface area contributed by atoms with Crippen LogP contribution >= 0.6 is 24.0 Å². The van der Waals surface area contributed by atoms with Gasteiger partial charge in [-0.25, -0.2) is 8.78 Å². The van der Waals surface area contributed by atoms with Crippen LogP contribution in [-0.2, 0) is 13.1 Å². The molecule has 0 saturated heterocycles. The van der Waals surface area contributed by atoms with Gasteiger partial charge in [-0.15, -0.1) is 24.0 Å². The van der Waals surface area contributed by atoms with Crippen LogP contribution in [0.4, 0.5) is 8.78 Å². The molecule has 0 atom stereocenters.